The lowest BCUT2D eigenvalue weighted by Gasteiger charge is -2.29. The lowest BCUT2D eigenvalue weighted by molar-refractivity contribution is 0.0219. The molecule has 3 unspecified atom stereocenters. The van der Waals surface area contributed by atoms with Crippen LogP contribution in [-0.2, 0) is 4.74 Å². The predicted octanol–water partition coefficient (Wildman–Crippen LogP) is 2.55. The normalized spacial score (nSPS) is 32.1. The van der Waals surface area contributed by atoms with Crippen LogP contribution >= 0.6 is 0 Å². The molecule has 2 aliphatic rings. The third-order valence-corrected chi connectivity index (χ3v) is 3.49. The first-order chi connectivity index (χ1) is 7.89. The van der Waals surface area contributed by atoms with Gasteiger partial charge in [0.2, 0.25) is 0 Å². The number of amides is 1. The molecule has 0 spiro atoms. The first kappa shape index (κ1) is 12.2. The zero-order valence-electron chi connectivity index (χ0n) is 10.8. The van der Waals surface area contributed by atoms with Gasteiger partial charge in [-0.05, 0) is 46.0 Å². The van der Waals surface area contributed by atoms with E-state index < -0.39 is 5.60 Å². The van der Waals surface area contributed by atoms with Crippen molar-refractivity contribution >= 4 is 6.09 Å². The molecule has 2 bridgehead atoms. The van der Waals surface area contributed by atoms with E-state index in [-0.39, 0.29) is 18.1 Å². The van der Waals surface area contributed by atoms with Crippen molar-refractivity contribution in [2.75, 3.05) is 6.54 Å². The Kier molecular flexibility index (Phi) is 3.03. The Morgan fingerprint density at radius 1 is 1.35 bits per heavy atom. The Labute approximate surface area is 103 Å². The Morgan fingerprint density at radius 3 is 2.65 bits per heavy atom. The van der Waals surface area contributed by atoms with Crippen molar-refractivity contribution < 1.29 is 9.53 Å². The van der Waals surface area contributed by atoms with Gasteiger partial charge in [-0.2, -0.15) is 5.26 Å². The third kappa shape index (κ3) is 2.71. The minimum absolute atomic E-state index is 0.117. The fourth-order valence-corrected chi connectivity index (χ4v) is 2.88. The topological polar surface area (TPSA) is 53.3 Å². The molecule has 0 aromatic rings. The maximum Gasteiger partial charge on any atom is 0.410 e. The SMILES string of the molecule is CC(C)(C)OC(=O)N1CC2CC(C#N)CC1C2. The molecule has 0 aromatic heterocycles. The van der Waals surface area contributed by atoms with Gasteiger partial charge in [0.05, 0.1) is 6.07 Å². The number of carbonyl (C=O) groups excluding carboxylic acids is 1. The highest BCUT2D eigenvalue weighted by atomic mass is 16.6. The van der Waals surface area contributed by atoms with E-state index in [0.717, 1.165) is 25.8 Å². The number of hydrogen-bond donors (Lipinski definition) is 0. The van der Waals surface area contributed by atoms with Crippen LogP contribution in [0.2, 0.25) is 0 Å². The van der Waals surface area contributed by atoms with Gasteiger partial charge in [-0.3, -0.25) is 0 Å². The molecule has 4 heteroatoms. The van der Waals surface area contributed by atoms with Crippen LogP contribution < -0.4 is 0 Å². The summed E-state index contributed by atoms with van der Waals surface area (Å²) in [6.45, 7) is 6.40. The number of rotatable bonds is 0. The van der Waals surface area contributed by atoms with E-state index in [1.165, 1.54) is 0 Å². The van der Waals surface area contributed by atoms with Crippen molar-refractivity contribution in [3.63, 3.8) is 0 Å². The monoisotopic (exact) mass is 236 g/mol. The Bertz CT molecular complexity index is 353. The quantitative estimate of drug-likeness (QED) is 0.649. The molecule has 17 heavy (non-hydrogen) atoms. The summed E-state index contributed by atoms with van der Waals surface area (Å²) in [7, 11) is 0. The summed E-state index contributed by atoms with van der Waals surface area (Å²) in [5.74, 6) is 0.608. The average molecular weight is 236 g/mol. The van der Waals surface area contributed by atoms with Crippen LogP contribution in [0.15, 0.2) is 0 Å². The molecule has 1 amide bonds. The lowest BCUT2D eigenvalue weighted by atomic mass is 9.83. The van der Waals surface area contributed by atoms with Gasteiger partial charge in [0.25, 0.3) is 0 Å². The number of nitriles is 1. The molecule has 0 aromatic carbocycles. The summed E-state index contributed by atoms with van der Waals surface area (Å²) in [5, 5.41) is 8.98. The molecular weight excluding hydrogens is 216 g/mol. The first-order valence-electron chi connectivity index (χ1n) is 6.28. The number of carbonyl (C=O) groups is 1. The van der Waals surface area contributed by atoms with Crippen molar-refractivity contribution in [2.24, 2.45) is 11.8 Å². The second-order valence-corrected chi connectivity index (χ2v) is 6.19. The number of likely N-dealkylation sites (tertiary alicyclic amines) is 1. The van der Waals surface area contributed by atoms with Crippen LogP contribution in [-0.4, -0.2) is 29.2 Å². The van der Waals surface area contributed by atoms with Crippen molar-refractivity contribution in [3.05, 3.63) is 0 Å². The maximum absolute atomic E-state index is 12.0. The number of fused-ring (bicyclic) bond motifs is 2. The number of ether oxygens (including phenoxy) is 1. The molecule has 1 saturated carbocycles. The van der Waals surface area contributed by atoms with E-state index in [2.05, 4.69) is 6.07 Å². The highest BCUT2D eigenvalue weighted by Gasteiger charge is 2.42. The molecule has 2 rings (SSSR count). The standard InChI is InChI=1S/C13H20N2O2/c1-13(2,3)17-12(16)15-8-10-4-9(7-14)5-11(15)6-10/h9-11H,4-6,8H2,1-3H3. The second kappa shape index (κ2) is 4.21. The van der Waals surface area contributed by atoms with Crippen LogP contribution in [0.1, 0.15) is 40.0 Å². The lowest BCUT2D eigenvalue weighted by Crippen LogP contribution is -2.40. The molecular formula is C13H20N2O2. The van der Waals surface area contributed by atoms with E-state index in [0.29, 0.717) is 5.92 Å². The summed E-state index contributed by atoms with van der Waals surface area (Å²) in [5.41, 5.74) is -0.442. The van der Waals surface area contributed by atoms with Gasteiger partial charge in [-0.15, -0.1) is 0 Å². The van der Waals surface area contributed by atoms with Crippen molar-refractivity contribution in [3.8, 4) is 6.07 Å². The molecule has 0 N–H and O–H groups in total. The van der Waals surface area contributed by atoms with Crippen molar-refractivity contribution in [1.82, 2.24) is 4.90 Å². The van der Waals surface area contributed by atoms with Gasteiger partial charge >= 0.3 is 6.09 Å². The van der Waals surface area contributed by atoms with Gasteiger partial charge < -0.3 is 9.64 Å². The van der Waals surface area contributed by atoms with E-state index in [9.17, 15) is 4.79 Å². The summed E-state index contributed by atoms with van der Waals surface area (Å²) < 4.78 is 5.40. The Hall–Kier alpha value is -1.24. The summed E-state index contributed by atoms with van der Waals surface area (Å²) >= 11 is 0. The number of hydrogen-bond acceptors (Lipinski definition) is 3. The fourth-order valence-electron chi connectivity index (χ4n) is 2.88. The Balaban J connectivity index is 2.00. The minimum atomic E-state index is -0.442. The second-order valence-electron chi connectivity index (χ2n) is 6.19. The predicted molar refractivity (Wildman–Crippen MR) is 63.2 cm³/mol. The van der Waals surface area contributed by atoms with Crippen LogP contribution in [0.25, 0.3) is 0 Å². The highest BCUT2D eigenvalue weighted by molar-refractivity contribution is 5.69. The smallest absolute Gasteiger partial charge is 0.410 e. The van der Waals surface area contributed by atoms with E-state index in [1.807, 2.05) is 25.7 Å². The molecule has 1 heterocycles. The van der Waals surface area contributed by atoms with Crippen LogP contribution in [0.4, 0.5) is 4.79 Å². The molecule has 3 atom stereocenters. The van der Waals surface area contributed by atoms with Crippen molar-refractivity contribution in [2.45, 2.75) is 51.7 Å². The van der Waals surface area contributed by atoms with Gasteiger partial charge in [-0.1, -0.05) is 0 Å². The van der Waals surface area contributed by atoms with Crippen LogP contribution in [0.3, 0.4) is 0 Å². The van der Waals surface area contributed by atoms with Gasteiger partial charge in [0.1, 0.15) is 5.60 Å². The summed E-state index contributed by atoms with van der Waals surface area (Å²) in [6.07, 6.45) is 2.57. The number of nitrogens with zero attached hydrogens (tertiary/aromatic N) is 2. The van der Waals surface area contributed by atoms with Crippen LogP contribution in [0, 0.1) is 23.2 Å². The molecule has 1 saturated heterocycles. The van der Waals surface area contributed by atoms with E-state index in [4.69, 9.17) is 10.00 Å². The summed E-state index contributed by atoms with van der Waals surface area (Å²) in [6, 6.07) is 2.55. The summed E-state index contributed by atoms with van der Waals surface area (Å²) in [4.78, 5) is 13.8. The van der Waals surface area contributed by atoms with Gasteiger partial charge in [0, 0.05) is 18.5 Å². The largest absolute Gasteiger partial charge is 0.444 e. The highest BCUT2D eigenvalue weighted by Crippen LogP contribution is 2.38. The maximum atomic E-state index is 12.0. The van der Waals surface area contributed by atoms with E-state index in [1.54, 1.807) is 0 Å². The molecule has 4 nitrogen and oxygen atoms in total. The first-order valence-corrected chi connectivity index (χ1v) is 6.28. The van der Waals surface area contributed by atoms with Crippen LogP contribution in [0.5, 0.6) is 0 Å². The fraction of sp³-hybridized carbons (Fsp3) is 0.846. The van der Waals surface area contributed by atoms with Crippen molar-refractivity contribution in [1.29, 1.82) is 5.26 Å². The third-order valence-electron chi connectivity index (χ3n) is 3.49. The molecule has 0 radical (unpaired) electrons. The molecule has 94 valence electrons. The zero-order valence-corrected chi connectivity index (χ0v) is 10.8. The average Bonchev–Trinajstić information content (AvgIpc) is 2.51. The molecule has 1 aliphatic carbocycles. The van der Waals surface area contributed by atoms with Gasteiger partial charge in [-0.25, -0.2) is 4.79 Å². The molecule has 2 fully saturated rings. The van der Waals surface area contributed by atoms with E-state index >= 15 is 0 Å². The van der Waals surface area contributed by atoms with Gasteiger partial charge in [0.15, 0.2) is 0 Å². The molecule has 1 aliphatic heterocycles. The Morgan fingerprint density at radius 2 is 2.06 bits per heavy atom. The minimum Gasteiger partial charge on any atom is -0.444 e. The zero-order chi connectivity index (χ0) is 12.6.